The summed E-state index contributed by atoms with van der Waals surface area (Å²) in [5.41, 5.74) is 4.48. The first kappa shape index (κ1) is 16.9. The van der Waals surface area contributed by atoms with E-state index in [0.29, 0.717) is 10.2 Å². The minimum absolute atomic E-state index is 0.208. The van der Waals surface area contributed by atoms with Crippen LogP contribution in [-0.2, 0) is 7.05 Å². The number of carbonyl (C=O) groups excluding carboxylic acids is 1. The zero-order valence-electron chi connectivity index (χ0n) is 14.2. The molecular weight excluding hydrogens is 412 g/mol. The van der Waals surface area contributed by atoms with Gasteiger partial charge < -0.3 is 5.32 Å². The van der Waals surface area contributed by atoms with Crippen LogP contribution in [0.4, 0.5) is 5.69 Å². The van der Waals surface area contributed by atoms with E-state index in [1.165, 1.54) is 14.9 Å². The lowest BCUT2D eigenvalue weighted by Crippen LogP contribution is -2.16. The molecule has 0 fully saturated rings. The van der Waals surface area contributed by atoms with Crippen molar-refractivity contribution >= 4 is 49.1 Å². The smallest absolute Gasteiger partial charge is 0.275 e. The van der Waals surface area contributed by atoms with Gasteiger partial charge in [0.25, 0.3) is 5.91 Å². The van der Waals surface area contributed by atoms with Gasteiger partial charge in [-0.3, -0.25) is 9.48 Å². The van der Waals surface area contributed by atoms with Crippen molar-refractivity contribution in [3.05, 3.63) is 64.4 Å². The summed E-state index contributed by atoms with van der Waals surface area (Å²) < 4.78 is 3.38. The molecule has 5 nitrogen and oxygen atoms in total. The highest BCUT2D eigenvalue weighted by Gasteiger charge is 2.15. The molecule has 26 heavy (non-hydrogen) atoms. The average molecular weight is 427 g/mol. The minimum Gasteiger partial charge on any atom is -0.321 e. The van der Waals surface area contributed by atoms with E-state index in [2.05, 4.69) is 45.4 Å². The van der Waals surface area contributed by atoms with E-state index in [1.807, 2.05) is 30.3 Å². The fraction of sp³-hybridized carbons (Fsp3) is 0.105. The number of hydrogen-bond donors (Lipinski definition) is 1. The second-order valence-corrected chi connectivity index (χ2v) is 7.87. The highest BCUT2D eigenvalue weighted by molar-refractivity contribution is 9.10. The quantitative estimate of drug-likeness (QED) is 0.500. The SMILES string of the molecule is Cc1ccc2nc(-c3ccc(NC(=O)c4c(Br)cnn4C)cc3)sc2c1. The van der Waals surface area contributed by atoms with Crippen molar-refractivity contribution in [3.8, 4) is 10.6 Å². The molecule has 4 aromatic rings. The van der Waals surface area contributed by atoms with Crippen LogP contribution in [-0.4, -0.2) is 20.7 Å². The largest absolute Gasteiger partial charge is 0.321 e. The van der Waals surface area contributed by atoms with Gasteiger partial charge in [0.05, 0.1) is 20.9 Å². The molecule has 1 N–H and O–H groups in total. The molecule has 0 aliphatic rings. The van der Waals surface area contributed by atoms with Gasteiger partial charge in [-0.05, 0) is 64.8 Å². The first-order valence-corrected chi connectivity index (χ1v) is 9.59. The average Bonchev–Trinajstić information content (AvgIpc) is 3.18. The Labute approximate surface area is 162 Å². The Morgan fingerprint density at radius 3 is 2.65 bits per heavy atom. The summed E-state index contributed by atoms with van der Waals surface area (Å²) in [6, 6.07) is 14.0. The lowest BCUT2D eigenvalue weighted by atomic mass is 10.2. The first-order chi connectivity index (χ1) is 12.5. The van der Waals surface area contributed by atoms with E-state index in [0.717, 1.165) is 21.8 Å². The fourth-order valence-electron chi connectivity index (χ4n) is 2.71. The Morgan fingerprint density at radius 1 is 1.19 bits per heavy atom. The Hall–Kier alpha value is -2.51. The van der Waals surface area contributed by atoms with Gasteiger partial charge in [0, 0.05) is 18.3 Å². The Balaban J connectivity index is 1.57. The first-order valence-electron chi connectivity index (χ1n) is 7.98. The van der Waals surface area contributed by atoms with Crippen molar-refractivity contribution in [2.24, 2.45) is 7.05 Å². The van der Waals surface area contributed by atoms with Crippen LogP contribution < -0.4 is 5.32 Å². The number of amides is 1. The van der Waals surface area contributed by atoms with Crippen molar-refractivity contribution in [2.45, 2.75) is 6.92 Å². The van der Waals surface area contributed by atoms with Crippen LogP contribution in [0.1, 0.15) is 16.1 Å². The number of anilines is 1. The van der Waals surface area contributed by atoms with Gasteiger partial charge >= 0.3 is 0 Å². The maximum Gasteiger partial charge on any atom is 0.275 e. The molecular formula is C19H15BrN4OS. The van der Waals surface area contributed by atoms with E-state index >= 15 is 0 Å². The van der Waals surface area contributed by atoms with E-state index in [4.69, 9.17) is 4.98 Å². The normalized spacial score (nSPS) is 11.0. The van der Waals surface area contributed by atoms with Crippen molar-refractivity contribution in [2.75, 3.05) is 5.32 Å². The van der Waals surface area contributed by atoms with Crippen LogP contribution in [0.2, 0.25) is 0 Å². The number of aromatic nitrogens is 3. The molecule has 1 amide bonds. The Kier molecular flexibility index (Phi) is 4.34. The topological polar surface area (TPSA) is 59.8 Å². The molecule has 0 aliphatic heterocycles. The number of halogens is 1. The molecule has 2 aromatic heterocycles. The monoisotopic (exact) mass is 426 g/mol. The summed E-state index contributed by atoms with van der Waals surface area (Å²) in [7, 11) is 1.73. The van der Waals surface area contributed by atoms with E-state index in [-0.39, 0.29) is 5.91 Å². The van der Waals surface area contributed by atoms with Gasteiger partial charge in [-0.15, -0.1) is 11.3 Å². The van der Waals surface area contributed by atoms with E-state index < -0.39 is 0 Å². The van der Waals surface area contributed by atoms with E-state index in [1.54, 1.807) is 24.6 Å². The Morgan fingerprint density at radius 2 is 1.96 bits per heavy atom. The predicted molar refractivity (Wildman–Crippen MR) is 109 cm³/mol. The van der Waals surface area contributed by atoms with Crippen molar-refractivity contribution in [3.63, 3.8) is 0 Å². The third kappa shape index (κ3) is 3.15. The number of hydrogen-bond acceptors (Lipinski definition) is 4. The maximum absolute atomic E-state index is 12.4. The summed E-state index contributed by atoms with van der Waals surface area (Å²) in [5, 5.41) is 7.92. The summed E-state index contributed by atoms with van der Waals surface area (Å²) in [6.45, 7) is 2.08. The molecule has 4 rings (SSSR count). The Bertz CT molecular complexity index is 1090. The number of aryl methyl sites for hydroxylation is 2. The van der Waals surface area contributed by atoms with Crippen LogP contribution in [0.25, 0.3) is 20.8 Å². The van der Waals surface area contributed by atoms with Gasteiger partial charge in [0.2, 0.25) is 0 Å². The predicted octanol–water partition coefficient (Wildman–Crippen LogP) is 5.02. The zero-order chi connectivity index (χ0) is 18.3. The summed E-state index contributed by atoms with van der Waals surface area (Å²) in [6.07, 6.45) is 1.60. The van der Waals surface area contributed by atoms with Gasteiger partial charge in [-0.25, -0.2) is 4.98 Å². The number of carbonyl (C=O) groups is 1. The molecule has 130 valence electrons. The van der Waals surface area contributed by atoms with Gasteiger partial charge in [0.1, 0.15) is 10.7 Å². The summed E-state index contributed by atoms with van der Waals surface area (Å²) in [4.78, 5) is 17.1. The van der Waals surface area contributed by atoms with E-state index in [9.17, 15) is 4.79 Å². The lowest BCUT2D eigenvalue weighted by molar-refractivity contribution is 0.101. The molecule has 0 bridgehead atoms. The molecule has 0 unspecified atom stereocenters. The van der Waals surface area contributed by atoms with Crippen LogP contribution in [0.15, 0.2) is 53.1 Å². The molecule has 0 saturated heterocycles. The number of rotatable bonds is 3. The number of thiazole rings is 1. The molecule has 7 heteroatoms. The minimum atomic E-state index is -0.208. The second-order valence-electron chi connectivity index (χ2n) is 5.99. The second kappa shape index (κ2) is 6.66. The number of benzene rings is 2. The van der Waals surface area contributed by atoms with Gasteiger partial charge in [-0.2, -0.15) is 5.10 Å². The van der Waals surface area contributed by atoms with Crippen LogP contribution in [0.3, 0.4) is 0 Å². The van der Waals surface area contributed by atoms with Crippen LogP contribution >= 0.6 is 27.3 Å². The van der Waals surface area contributed by atoms with Crippen molar-refractivity contribution < 1.29 is 4.79 Å². The fourth-order valence-corrected chi connectivity index (χ4v) is 4.31. The third-order valence-electron chi connectivity index (χ3n) is 4.04. The molecule has 2 heterocycles. The highest BCUT2D eigenvalue weighted by atomic mass is 79.9. The summed E-state index contributed by atoms with van der Waals surface area (Å²) >= 11 is 5.01. The van der Waals surface area contributed by atoms with Gasteiger partial charge in [-0.1, -0.05) is 6.07 Å². The number of nitrogens with one attached hydrogen (secondary N) is 1. The van der Waals surface area contributed by atoms with Crippen LogP contribution in [0, 0.1) is 6.92 Å². The zero-order valence-corrected chi connectivity index (χ0v) is 16.6. The highest BCUT2D eigenvalue weighted by Crippen LogP contribution is 2.31. The van der Waals surface area contributed by atoms with Gasteiger partial charge in [0.15, 0.2) is 0 Å². The molecule has 0 aliphatic carbocycles. The molecule has 0 spiro atoms. The lowest BCUT2D eigenvalue weighted by Gasteiger charge is -2.06. The maximum atomic E-state index is 12.4. The molecule has 0 radical (unpaired) electrons. The molecule has 0 saturated carbocycles. The van der Waals surface area contributed by atoms with Crippen LogP contribution in [0.5, 0.6) is 0 Å². The van der Waals surface area contributed by atoms with Crippen molar-refractivity contribution in [1.29, 1.82) is 0 Å². The molecule has 2 aromatic carbocycles. The number of nitrogens with zero attached hydrogens (tertiary/aromatic N) is 3. The summed E-state index contributed by atoms with van der Waals surface area (Å²) in [5.74, 6) is -0.208. The number of fused-ring (bicyclic) bond motifs is 1. The standard InChI is InChI=1S/C19H15BrN4OS/c1-11-3-8-15-16(9-11)26-19(23-15)12-4-6-13(7-5-12)22-18(25)17-14(20)10-21-24(17)2/h3-10H,1-2H3,(H,22,25). The third-order valence-corrected chi connectivity index (χ3v) is 5.69. The molecule has 0 atom stereocenters. The van der Waals surface area contributed by atoms with Crippen molar-refractivity contribution in [1.82, 2.24) is 14.8 Å².